The summed E-state index contributed by atoms with van der Waals surface area (Å²) in [5.74, 6) is 0. The lowest BCUT2D eigenvalue weighted by Gasteiger charge is -2.42. The van der Waals surface area contributed by atoms with E-state index in [2.05, 4.69) is 4.98 Å². The molecule has 1 unspecified atom stereocenters. The number of hydrogen-bond acceptors (Lipinski definition) is 6. The Morgan fingerprint density at radius 3 is 2.82 bits per heavy atom. The lowest BCUT2D eigenvalue weighted by atomic mass is 9.99. The van der Waals surface area contributed by atoms with E-state index in [1.54, 1.807) is 28.0 Å². The van der Waals surface area contributed by atoms with Crippen molar-refractivity contribution in [3.05, 3.63) is 23.7 Å². The Balaban J connectivity index is 1.78. The van der Waals surface area contributed by atoms with Crippen molar-refractivity contribution in [2.75, 3.05) is 33.0 Å². The number of ether oxygens (including phenoxy) is 2. The molecular weight excluding hydrogens is 324 g/mol. The van der Waals surface area contributed by atoms with E-state index < -0.39 is 15.6 Å². The van der Waals surface area contributed by atoms with Gasteiger partial charge in [0.15, 0.2) is 0 Å². The lowest BCUT2D eigenvalue weighted by Crippen LogP contribution is -2.59. The van der Waals surface area contributed by atoms with Gasteiger partial charge in [0, 0.05) is 13.2 Å². The summed E-state index contributed by atoms with van der Waals surface area (Å²) in [7, 11) is -3.57. The maximum atomic E-state index is 13.1. The van der Waals surface area contributed by atoms with Crippen molar-refractivity contribution in [2.45, 2.75) is 16.9 Å². The molecule has 2 aliphatic rings. The van der Waals surface area contributed by atoms with Crippen LogP contribution < -0.4 is 0 Å². The first-order chi connectivity index (χ1) is 10.6. The number of hydrogen-bond donors (Lipinski definition) is 0. The smallest absolute Gasteiger partial charge is 0.243 e. The molecule has 6 nitrogen and oxygen atoms in total. The number of benzene rings is 1. The molecule has 1 aromatic carbocycles. The van der Waals surface area contributed by atoms with Crippen LogP contribution in [0.2, 0.25) is 0 Å². The molecule has 2 saturated heterocycles. The summed E-state index contributed by atoms with van der Waals surface area (Å²) in [6.45, 7) is 2.16. The summed E-state index contributed by atoms with van der Waals surface area (Å²) in [6.07, 6.45) is 0.676. The van der Waals surface area contributed by atoms with Gasteiger partial charge in [-0.15, -0.1) is 11.3 Å². The van der Waals surface area contributed by atoms with Gasteiger partial charge in [0.1, 0.15) is 0 Å². The molecule has 1 aromatic heterocycles. The first-order valence-corrected chi connectivity index (χ1v) is 9.45. The normalized spacial score (nSPS) is 26.9. The lowest BCUT2D eigenvalue weighted by molar-refractivity contribution is -0.0293. The fourth-order valence-corrected chi connectivity index (χ4v) is 5.70. The Bertz CT molecular complexity index is 796. The largest absolute Gasteiger partial charge is 0.379 e. The first-order valence-electron chi connectivity index (χ1n) is 7.13. The van der Waals surface area contributed by atoms with Crippen LogP contribution in [0.5, 0.6) is 0 Å². The number of rotatable bonds is 2. The van der Waals surface area contributed by atoms with Gasteiger partial charge in [0.05, 0.1) is 46.0 Å². The second kappa shape index (κ2) is 5.24. The predicted octanol–water partition coefficient (Wildman–Crippen LogP) is 1.48. The van der Waals surface area contributed by atoms with Crippen molar-refractivity contribution < 1.29 is 17.9 Å². The molecule has 0 radical (unpaired) electrons. The van der Waals surface area contributed by atoms with Crippen LogP contribution >= 0.6 is 11.3 Å². The standard InChI is InChI=1S/C14H16N2O4S2/c17-22(18,11-1-2-12-13(7-11)21-10-15-12)16-4-6-20-9-14(16)3-5-19-8-14/h1-2,7,10H,3-6,8-9H2. The van der Waals surface area contributed by atoms with Gasteiger partial charge in [-0.2, -0.15) is 4.31 Å². The molecule has 2 aromatic rings. The van der Waals surface area contributed by atoms with Gasteiger partial charge in [-0.3, -0.25) is 0 Å². The van der Waals surface area contributed by atoms with Gasteiger partial charge in [0.25, 0.3) is 0 Å². The van der Waals surface area contributed by atoms with Gasteiger partial charge < -0.3 is 9.47 Å². The van der Waals surface area contributed by atoms with Crippen LogP contribution in [0.4, 0.5) is 0 Å². The third kappa shape index (κ3) is 2.17. The molecule has 2 fully saturated rings. The molecule has 0 bridgehead atoms. The molecule has 0 N–H and O–H groups in total. The van der Waals surface area contributed by atoms with E-state index >= 15 is 0 Å². The fraction of sp³-hybridized carbons (Fsp3) is 0.500. The van der Waals surface area contributed by atoms with Gasteiger partial charge in [-0.25, -0.2) is 13.4 Å². The molecule has 0 saturated carbocycles. The highest BCUT2D eigenvalue weighted by molar-refractivity contribution is 7.89. The molecule has 4 rings (SSSR count). The maximum absolute atomic E-state index is 13.1. The van der Waals surface area contributed by atoms with Gasteiger partial charge in [0.2, 0.25) is 10.0 Å². The van der Waals surface area contributed by atoms with Crippen LogP contribution in [0.15, 0.2) is 28.6 Å². The summed E-state index contributed by atoms with van der Waals surface area (Å²) < 4.78 is 39.7. The number of aromatic nitrogens is 1. The van der Waals surface area contributed by atoms with E-state index in [4.69, 9.17) is 9.47 Å². The molecule has 118 valence electrons. The molecule has 1 atom stereocenters. The Labute approximate surface area is 132 Å². The van der Waals surface area contributed by atoms with E-state index in [1.165, 1.54) is 11.3 Å². The predicted molar refractivity (Wildman–Crippen MR) is 82.5 cm³/mol. The zero-order chi connectivity index (χ0) is 15.2. The molecule has 0 aliphatic carbocycles. The van der Waals surface area contributed by atoms with Gasteiger partial charge >= 0.3 is 0 Å². The van der Waals surface area contributed by atoms with Crippen molar-refractivity contribution in [3.63, 3.8) is 0 Å². The highest BCUT2D eigenvalue weighted by Crippen LogP contribution is 2.35. The van der Waals surface area contributed by atoms with Crippen molar-refractivity contribution in [1.29, 1.82) is 0 Å². The summed E-state index contributed by atoms with van der Waals surface area (Å²) in [4.78, 5) is 4.51. The number of morpholine rings is 1. The van der Waals surface area contributed by atoms with E-state index in [1.807, 2.05) is 0 Å². The van der Waals surface area contributed by atoms with Crippen molar-refractivity contribution >= 4 is 31.6 Å². The zero-order valence-corrected chi connectivity index (χ0v) is 13.5. The fourth-order valence-electron chi connectivity index (χ4n) is 3.12. The monoisotopic (exact) mass is 340 g/mol. The number of fused-ring (bicyclic) bond motifs is 1. The van der Waals surface area contributed by atoms with E-state index in [0.29, 0.717) is 44.3 Å². The summed E-state index contributed by atoms with van der Waals surface area (Å²) >= 11 is 1.44. The Morgan fingerprint density at radius 2 is 2.05 bits per heavy atom. The van der Waals surface area contributed by atoms with Crippen LogP contribution in [0.3, 0.4) is 0 Å². The SMILES string of the molecule is O=S(=O)(c1ccc2ncsc2c1)N1CCOCC12CCOC2. The third-order valence-corrected chi connectivity index (χ3v) is 7.10. The van der Waals surface area contributed by atoms with Crippen molar-refractivity contribution in [3.8, 4) is 0 Å². The van der Waals surface area contributed by atoms with E-state index in [0.717, 1.165) is 10.2 Å². The van der Waals surface area contributed by atoms with Crippen LogP contribution in [-0.4, -0.2) is 56.2 Å². The Kier molecular flexibility index (Phi) is 3.46. The molecule has 3 heterocycles. The minimum Gasteiger partial charge on any atom is -0.379 e. The van der Waals surface area contributed by atoms with E-state index in [-0.39, 0.29) is 0 Å². The number of sulfonamides is 1. The molecule has 22 heavy (non-hydrogen) atoms. The average molecular weight is 340 g/mol. The average Bonchev–Trinajstić information content (AvgIpc) is 3.16. The second-order valence-corrected chi connectivity index (χ2v) is 8.39. The molecule has 2 aliphatic heterocycles. The maximum Gasteiger partial charge on any atom is 0.243 e. The quantitative estimate of drug-likeness (QED) is 0.828. The molecule has 1 spiro atoms. The second-order valence-electron chi connectivity index (χ2n) is 5.64. The number of nitrogens with zero attached hydrogens (tertiary/aromatic N) is 2. The van der Waals surface area contributed by atoms with Crippen LogP contribution in [0.25, 0.3) is 10.2 Å². The third-order valence-electron chi connectivity index (χ3n) is 4.31. The molecular formula is C14H16N2O4S2. The van der Waals surface area contributed by atoms with Crippen LogP contribution in [-0.2, 0) is 19.5 Å². The highest BCUT2D eigenvalue weighted by Gasteiger charge is 2.49. The minimum absolute atomic E-state index is 0.317. The van der Waals surface area contributed by atoms with Gasteiger partial charge in [-0.05, 0) is 24.6 Å². The summed E-state index contributed by atoms with van der Waals surface area (Å²) in [6, 6.07) is 5.11. The topological polar surface area (TPSA) is 68.7 Å². The first kappa shape index (κ1) is 14.5. The van der Waals surface area contributed by atoms with Crippen molar-refractivity contribution in [2.24, 2.45) is 0 Å². The zero-order valence-electron chi connectivity index (χ0n) is 11.9. The highest BCUT2D eigenvalue weighted by atomic mass is 32.2. The molecule has 0 amide bonds. The number of thiazole rings is 1. The van der Waals surface area contributed by atoms with Crippen molar-refractivity contribution in [1.82, 2.24) is 9.29 Å². The van der Waals surface area contributed by atoms with Crippen LogP contribution in [0, 0.1) is 0 Å². The Morgan fingerprint density at radius 1 is 1.23 bits per heavy atom. The minimum atomic E-state index is -3.57. The summed E-state index contributed by atoms with van der Waals surface area (Å²) in [5, 5.41) is 0. The Hall–Kier alpha value is -1.06. The summed E-state index contributed by atoms with van der Waals surface area (Å²) in [5.41, 5.74) is 1.99. The van der Waals surface area contributed by atoms with Gasteiger partial charge in [-0.1, -0.05) is 0 Å². The molecule has 8 heteroatoms. The van der Waals surface area contributed by atoms with E-state index in [9.17, 15) is 8.42 Å². The van der Waals surface area contributed by atoms with Crippen LogP contribution in [0.1, 0.15) is 6.42 Å².